The van der Waals surface area contributed by atoms with Crippen LogP contribution in [-0.4, -0.2) is 29.8 Å². The summed E-state index contributed by atoms with van der Waals surface area (Å²) in [5.74, 6) is -0.0252. The van der Waals surface area contributed by atoms with Crippen LogP contribution in [0.25, 0.3) is 0 Å². The van der Waals surface area contributed by atoms with Gasteiger partial charge >= 0.3 is 0 Å². The minimum Gasteiger partial charge on any atom is -0.349 e. The van der Waals surface area contributed by atoms with Gasteiger partial charge in [-0.3, -0.25) is 9.59 Å². The third-order valence-corrected chi connectivity index (χ3v) is 6.09. The highest BCUT2D eigenvalue weighted by Gasteiger charge is 2.29. The molecule has 0 saturated carbocycles. The molecule has 1 saturated heterocycles. The quantitative estimate of drug-likeness (QED) is 0.787. The molecule has 0 bridgehead atoms. The van der Waals surface area contributed by atoms with E-state index in [4.69, 9.17) is 23.2 Å². The molecule has 0 unspecified atom stereocenters. The predicted molar refractivity (Wildman–Crippen MR) is 106 cm³/mol. The maximum absolute atomic E-state index is 12.6. The van der Waals surface area contributed by atoms with Crippen molar-refractivity contribution < 1.29 is 9.59 Å². The van der Waals surface area contributed by atoms with Crippen LogP contribution in [0.15, 0.2) is 35.7 Å². The molecule has 0 radical (unpaired) electrons. The number of likely N-dealkylation sites (tertiary alicyclic amines) is 1. The van der Waals surface area contributed by atoms with Gasteiger partial charge in [0, 0.05) is 29.1 Å². The van der Waals surface area contributed by atoms with Crippen LogP contribution in [0, 0.1) is 5.92 Å². The maximum atomic E-state index is 12.6. The summed E-state index contributed by atoms with van der Waals surface area (Å²) in [6.07, 6.45) is 1.34. The topological polar surface area (TPSA) is 49.4 Å². The highest BCUT2D eigenvalue weighted by Crippen LogP contribution is 2.27. The molecule has 2 heterocycles. The third kappa shape index (κ3) is 4.40. The van der Waals surface area contributed by atoms with Crippen molar-refractivity contribution in [3.63, 3.8) is 0 Å². The summed E-state index contributed by atoms with van der Waals surface area (Å²) in [5.41, 5.74) is 0.842. The first-order chi connectivity index (χ1) is 12.5. The zero-order valence-electron chi connectivity index (χ0n) is 14.4. The Morgan fingerprint density at radius 2 is 1.96 bits per heavy atom. The number of rotatable bonds is 4. The van der Waals surface area contributed by atoms with E-state index in [9.17, 15) is 9.59 Å². The largest absolute Gasteiger partial charge is 0.349 e. The van der Waals surface area contributed by atoms with Crippen LogP contribution in [0.4, 0.5) is 0 Å². The molecule has 26 heavy (non-hydrogen) atoms. The van der Waals surface area contributed by atoms with Crippen molar-refractivity contribution in [3.8, 4) is 0 Å². The summed E-state index contributed by atoms with van der Waals surface area (Å²) < 4.78 is 0. The fourth-order valence-corrected chi connectivity index (χ4v) is 4.43. The molecule has 7 heteroatoms. The normalized spacial score (nSPS) is 16.3. The average Bonchev–Trinajstić information content (AvgIpc) is 3.15. The van der Waals surface area contributed by atoms with E-state index in [2.05, 4.69) is 5.32 Å². The molecule has 4 nitrogen and oxygen atoms in total. The summed E-state index contributed by atoms with van der Waals surface area (Å²) in [4.78, 5) is 27.5. The van der Waals surface area contributed by atoms with Crippen molar-refractivity contribution in [2.24, 2.45) is 5.92 Å². The van der Waals surface area contributed by atoms with Crippen LogP contribution >= 0.6 is 34.5 Å². The van der Waals surface area contributed by atoms with Gasteiger partial charge in [-0.2, -0.15) is 0 Å². The standard InChI is InChI=1S/C19H20Cl2N2O2S/c1-12(15-5-4-14(20)11-16(15)21)22-18(24)13-6-8-23(9-7-13)19(25)17-3-2-10-26-17/h2-5,10-13H,6-9H2,1H3,(H,22,24)/t12-/m1/s1. The predicted octanol–water partition coefficient (Wildman–Crippen LogP) is 4.78. The van der Waals surface area contributed by atoms with Crippen LogP contribution in [0.3, 0.4) is 0 Å². The Bertz CT molecular complexity index is 787. The van der Waals surface area contributed by atoms with Crippen molar-refractivity contribution in [2.75, 3.05) is 13.1 Å². The Hall–Kier alpha value is -1.56. The molecule has 138 valence electrons. The Labute approximate surface area is 167 Å². The first-order valence-electron chi connectivity index (χ1n) is 8.54. The molecule has 2 aromatic rings. The van der Waals surface area contributed by atoms with E-state index in [1.165, 1.54) is 11.3 Å². The number of hydrogen-bond acceptors (Lipinski definition) is 3. The smallest absolute Gasteiger partial charge is 0.263 e. The van der Waals surface area contributed by atoms with Crippen LogP contribution in [-0.2, 0) is 4.79 Å². The van der Waals surface area contributed by atoms with E-state index in [0.29, 0.717) is 36.0 Å². The number of benzene rings is 1. The zero-order valence-corrected chi connectivity index (χ0v) is 16.7. The lowest BCUT2D eigenvalue weighted by molar-refractivity contribution is -0.126. The van der Waals surface area contributed by atoms with Gasteiger partial charge in [0.2, 0.25) is 5.91 Å². The fourth-order valence-electron chi connectivity index (χ4n) is 3.16. The van der Waals surface area contributed by atoms with Crippen LogP contribution < -0.4 is 5.32 Å². The molecule has 0 spiro atoms. The molecule has 0 aliphatic carbocycles. The number of carbonyl (C=O) groups excluding carboxylic acids is 2. The van der Waals surface area contributed by atoms with Gasteiger partial charge in [-0.05, 0) is 48.9 Å². The van der Waals surface area contributed by atoms with Gasteiger partial charge in [0.15, 0.2) is 0 Å². The molecule has 2 amide bonds. The molecule has 3 rings (SSSR count). The molecule has 1 atom stereocenters. The minimum atomic E-state index is -0.196. The number of halogens is 2. The number of piperidine rings is 1. The Kier molecular flexibility index (Phi) is 6.22. The molecule has 1 aromatic heterocycles. The lowest BCUT2D eigenvalue weighted by Crippen LogP contribution is -2.43. The molecular weight excluding hydrogens is 391 g/mol. The molecule has 1 aromatic carbocycles. The summed E-state index contributed by atoms with van der Waals surface area (Å²) in [6.45, 7) is 3.11. The van der Waals surface area contributed by atoms with Crippen LogP contribution in [0.5, 0.6) is 0 Å². The highest BCUT2D eigenvalue weighted by molar-refractivity contribution is 7.12. The van der Waals surface area contributed by atoms with Crippen molar-refractivity contribution in [3.05, 3.63) is 56.2 Å². The summed E-state index contributed by atoms with van der Waals surface area (Å²) in [6, 6.07) is 8.79. The van der Waals surface area contributed by atoms with Gasteiger partial charge in [-0.15, -0.1) is 11.3 Å². The van der Waals surface area contributed by atoms with Crippen LogP contribution in [0.1, 0.15) is 41.0 Å². The van der Waals surface area contributed by atoms with Crippen molar-refractivity contribution in [2.45, 2.75) is 25.8 Å². The summed E-state index contributed by atoms with van der Waals surface area (Å²) in [7, 11) is 0. The monoisotopic (exact) mass is 410 g/mol. The lowest BCUT2D eigenvalue weighted by atomic mass is 9.95. The van der Waals surface area contributed by atoms with Gasteiger partial charge in [0.05, 0.1) is 10.9 Å². The molecule has 1 fully saturated rings. The van der Waals surface area contributed by atoms with E-state index in [-0.39, 0.29) is 23.8 Å². The van der Waals surface area contributed by atoms with E-state index >= 15 is 0 Å². The van der Waals surface area contributed by atoms with Crippen LogP contribution in [0.2, 0.25) is 10.0 Å². The second kappa shape index (κ2) is 8.42. The third-order valence-electron chi connectivity index (χ3n) is 4.67. The van der Waals surface area contributed by atoms with E-state index in [1.54, 1.807) is 12.1 Å². The zero-order chi connectivity index (χ0) is 18.7. The maximum Gasteiger partial charge on any atom is 0.263 e. The van der Waals surface area contributed by atoms with Crippen molar-refractivity contribution in [1.29, 1.82) is 0 Å². The SMILES string of the molecule is C[C@@H](NC(=O)C1CCN(C(=O)c2cccs2)CC1)c1ccc(Cl)cc1Cl. The summed E-state index contributed by atoms with van der Waals surface area (Å²) >= 11 is 13.6. The van der Waals surface area contributed by atoms with Gasteiger partial charge in [0.25, 0.3) is 5.91 Å². The van der Waals surface area contributed by atoms with Crippen molar-refractivity contribution in [1.82, 2.24) is 10.2 Å². The Morgan fingerprint density at radius 1 is 1.23 bits per heavy atom. The molecular formula is C19H20Cl2N2O2S. The van der Waals surface area contributed by atoms with Gasteiger partial charge < -0.3 is 10.2 Å². The fraction of sp³-hybridized carbons (Fsp3) is 0.368. The molecule has 1 aliphatic heterocycles. The lowest BCUT2D eigenvalue weighted by Gasteiger charge is -2.31. The number of hydrogen-bond donors (Lipinski definition) is 1. The second-order valence-electron chi connectivity index (χ2n) is 6.44. The van der Waals surface area contributed by atoms with Crippen molar-refractivity contribution >= 4 is 46.4 Å². The first-order valence-corrected chi connectivity index (χ1v) is 10.2. The van der Waals surface area contributed by atoms with E-state index in [0.717, 1.165) is 10.4 Å². The first kappa shape index (κ1) is 19.2. The number of carbonyl (C=O) groups is 2. The summed E-state index contributed by atoms with van der Waals surface area (Å²) in [5, 5.41) is 6.04. The Balaban J connectivity index is 1.54. The molecule has 1 aliphatic rings. The minimum absolute atomic E-state index is 0.00624. The van der Waals surface area contributed by atoms with E-state index < -0.39 is 0 Å². The molecule has 1 N–H and O–H groups in total. The average molecular weight is 411 g/mol. The number of nitrogens with zero attached hydrogens (tertiary/aromatic N) is 1. The highest BCUT2D eigenvalue weighted by atomic mass is 35.5. The van der Waals surface area contributed by atoms with Gasteiger partial charge in [0.1, 0.15) is 0 Å². The van der Waals surface area contributed by atoms with Gasteiger partial charge in [-0.1, -0.05) is 35.3 Å². The van der Waals surface area contributed by atoms with E-state index in [1.807, 2.05) is 35.4 Å². The second-order valence-corrected chi connectivity index (χ2v) is 8.23. The van der Waals surface area contributed by atoms with Gasteiger partial charge in [-0.25, -0.2) is 0 Å². The number of nitrogens with one attached hydrogen (secondary N) is 1. The Morgan fingerprint density at radius 3 is 2.58 bits per heavy atom. The number of amides is 2. The number of thiophene rings is 1.